The van der Waals surface area contributed by atoms with Crippen molar-refractivity contribution in [3.05, 3.63) is 64.5 Å². The molecule has 2 rings (SSSR count). The van der Waals surface area contributed by atoms with Crippen molar-refractivity contribution in [1.29, 1.82) is 0 Å². The minimum atomic E-state index is -0.576. The van der Waals surface area contributed by atoms with Crippen LogP contribution in [0.3, 0.4) is 0 Å². The predicted octanol–water partition coefficient (Wildman–Crippen LogP) is 2.70. The molecular formula is C17H17FN2O5. The number of nitro benzene ring substituents is 1. The van der Waals surface area contributed by atoms with E-state index in [4.69, 9.17) is 9.47 Å². The van der Waals surface area contributed by atoms with E-state index in [2.05, 4.69) is 5.32 Å². The van der Waals surface area contributed by atoms with Gasteiger partial charge in [-0.25, -0.2) is 4.39 Å². The average molecular weight is 348 g/mol. The second-order valence-corrected chi connectivity index (χ2v) is 5.00. The summed E-state index contributed by atoms with van der Waals surface area (Å²) in [4.78, 5) is 21.9. The van der Waals surface area contributed by atoms with Crippen LogP contribution in [0.25, 0.3) is 0 Å². The molecule has 0 atom stereocenters. The van der Waals surface area contributed by atoms with E-state index in [-0.39, 0.29) is 30.4 Å². The normalized spacial score (nSPS) is 10.1. The highest BCUT2D eigenvalue weighted by Gasteiger charge is 2.14. The smallest absolute Gasteiger partial charge is 0.310 e. The van der Waals surface area contributed by atoms with Gasteiger partial charge in [-0.1, -0.05) is 24.3 Å². The average Bonchev–Trinajstić information content (AvgIpc) is 2.61. The highest BCUT2D eigenvalue weighted by Crippen LogP contribution is 2.25. The maximum absolute atomic E-state index is 13.3. The van der Waals surface area contributed by atoms with E-state index in [9.17, 15) is 19.3 Å². The van der Waals surface area contributed by atoms with Crippen LogP contribution in [0, 0.1) is 15.9 Å². The highest BCUT2D eigenvalue weighted by atomic mass is 19.1. The zero-order valence-corrected chi connectivity index (χ0v) is 13.3. The fourth-order valence-electron chi connectivity index (χ4n) is 1.97. The molecule has 8 heteroatoms. The molecule has 2 aromatic rings. The number of nitrogens with one attached hydrogen (secondary N) is 1. The third-order valence-electron chi connectivity index (χ3n) is 3.16. The van der Waals surface area contributed by atoms with Gasteiger partial charge in [0.1, 0.15) is 0 Å². The van der Waals surface area contributed by atoms with Crippen molar-refractivity contribution in [1.82, 2.24) is 5.32 Å². The highest BCUT2D eigenvalue weighted by molar-refractivity contribution is 5.77. The first kappa shape index (κ1) is 18.2. The predicted molar refractivity (Wildman–Crippen MR) is 88.1 cm³/mol. The largest absolute Gasteiger partial charge is 0.490 e. The van der Waals surface area contributed by atoms with Crippen LogP contribution in [0.1, 0.15) is 6.42 Å². The van der Waals surface area contributed by atoms with Gasteiger partial charge in [0.25, 0.3) is 5.91 Å². The van der Waals surface area contributed by atoms with Crippen molar-refractivity contribution in [3.63, 3.8) is 0 Å². The third kappa shape index (κ3) is 5.76. The second-order valence-electron chi connectivity index (χ2n) is 5.00. The number of amides is 1. The summed E-state index contributed by atoms with van der Waals surface area (Å²) in [7, 11) is 0. The Hall–Kier alpha value is -3.16. The van der Waals surface area contributed by atoms with Crippen molar-refractivity contribution in [2.24, 2.45) is 0 Å². The van der Waals surface area contributed by atoms with E-state index in [1.54, 1.807) is 18.2 Å². The first-order chi connectivity index (χ1) is 12.1. The van der Waals surface area contributed by atoms with Gasteiger partial charge in [0.05, 0.1) is 11.5 Å². The van der Waals surface area contributed by atoms with Gasteiger partial charge >= 0.3 is 5.69 Å². The second kappa shape index (κ2) is 9.21. The third-order valence-corrected chi connectivity index (χ3v) is 3.16. The van der Waals surface area contributed by atoms with Crippen LogP contribution in [0.4, 0.5) is 10.1 Å². The monoisotopic (exact) mass is 348 g/mol. The molecule has 1 amide bonds. The van der Waals surface area contributed by atoms with Gasteiger partial charge in [-0.3, -0.25) is 14.9 Å². The number of nitrogens with zero attached hydrogens (tertiary/aromatic N) is 1. The Bertz CT molecular complexity index is 738. The fourth-order valence-corrected chi connectivity index (χ4v) is 1.97. The van der Waals surface area contributed by atoms with Crippen LogP contribution < -0.4 is 14.8 Å². The molecule has 0 unspecified atom stereocenters. The first-order valence-corrected chi connectivity index (χ1v) is 7.58. The Balaban J connectivity index is 1.66. The van der Waals surface area contributed by atoms with Gasteiger partial charge in [-0.05, 0) is 24.6 Å². The van der Waals surface area contributed by atoms with Crippen LogP contribution in [0.2, 0.25) is 0 Å². The Labute approximate surface area is 143 Å². The van der Waals surface area contributed by atoms with Crippen LogP contribution in [0.15, 0.2) is 48.5 Å². The summed E-state index contributed by atoms with van der Waals surface area (Å²) in [5.41, 5.74) is -0.200. The molecule has 0 bridgehead atoms. The molecule has 2 aromatic carbocycles. The zero-order chi connectivity index (χ0) is 18.1. The van der Waals surface area contributed by atoms with Crippen molar-refractivity contribution >= 4 is 11.6 Å². The minimum Gasteiger partial charge on any atom is -0.490 e. The number of carbonyl (C=O) groups is 1. The Kier molecular flexibility index (Phi) is 6.70. The lowest BCUT2D eigenvalue weighted by molar-refractivity contribution is -0.385. The van der Waals surface area contributed by atoms with Gasteiger partial charge in [0, 0.05) is 12.6 Å². The number of para-hydroxylation sites is 3. The molecule has 0 spiro atoms. The van der Waals surface area contributed by atoms with Crippen LogP contribution in [-0.2, 0) is 4.79 Å². The number of ether oxygens (including phenoxy) is 2. The van der Waals surface area contributed by atoms with E-state index in [0.717, 1.165) is 0 Å². The van der Waals surface area contributed by atoms with E-state index < -0.39 is 16.6 Å². The Morgan fingerprint density at radius 2 is 1.76 bits per heavy atom. The molecule has 0 saturated heterocycles. The maximum Gasteiger partial charge on any atom is 0.310 e. The van der Waals surface area contributed by atoms with Crippen molar-refractivity contribution in [2.45, 2.75) is 6.42 Å². The Morgan fingerprint density at radius 3 is 2.48 bits per heavy atom. The molecule has 132 valence electrons. The Morgan fingerprint density at radius 1 is 1.08 bits per heavy atom. The molecule has 0 radical (unpaired) electrons. The first-order valence-electron chi connectivity index (χ1n) is 7.58. The van der Waals surface area contributed by atoms with Crippen molar-refractivity contribution in [3.8, 4) is 11.5 Å². The number of nitro groups is 1. The topological polar surface area (TPSA) is 90.7 Å². The molecule has 1 N–H and O–H groups in total. The standard InChI is InChI=1S/C17H17FN2O5/c18-13-6-1-3-8-15(13)24-11-5-10-19-17(21)12-25-16-9-4-2-7-14(16)20(22)23/h1-4,6-9H,5,10-12H2,(H,19,21). The van der Waals surface area contributed by atoms with Crippen LogP contribution in [-0.4, -0.2) is 30.6 Å². The number of benzene rings is 2. The molecule has 25 heavy (non-hydrogen) atoms. The molecule has 0 fully saturated rings. The SMILES string of the molecule is O=C(COc1ccccc1[N+](=O)[O-])NCCCOc1ccccc1F. The summed E-state index contributed by atoms with van der Waals surface area (Å²) < 4.78 is 23.7. The summed E-state index contributed by atoms with van der Waals surface area (Å²) >= 11 is 0. The van der Waals surface area contributed by atoms with Gasteiger partial charge < -0.3 is 14.8 Å². The fraction of sp³-hybridized carbons (Fsp3) is 0.235. The van der Waals surface area contributed by atoms with E-state index in [1.807, 2.05) is 0 Å². The maximum atomic E-state index is 13.3. The van der Waals surface area contributed by atoms with E-state index in [1.165, 1.54) is 30.3 Å². The molecular weight excluding hydrogens is 331 g/mol. The van der Waals surface area contributed by atoms with Gasteiger partial charge in [0.15, 0.2) is 23.9 Å². The summed E-state index contributed by atoms with van der Waals surface area (Å²) in [5.74, 6) is -0.660. The molecule has 0 aliphatic rings. The number of hydrogen-bond donors (Lipinski definition) is 1. The van der Waals surface area contributed by atoms with Gasteiger partial charge in [-0.2, -0.15) is 0 Å². The molecule has 0 saturated carbocycles. The number of hydrogen-bond acceptors (Lipinski definition) is 5. The summed E-state index contributed by atoms with van der Waals surface area (Å²) in [6.07, 6.45) is 0.478. The van der Waals surface area contributed by atoms with E-state index >= 15 is 0 Å². The lowest BCUT2D eigenvalue weighted by Gasteiger charge is -2.09. The molecule has 7 nitrogen and oxygen atoms in total. The van der Waals surface area contributed by atoms with Gasteiger partial charge in [0.2, 0.25) is 0 Å². The van der Waals surface area contributed by atoms with E-state index in [0.29, 0.717) is 13.0 Å². The van der Waals surface area contributed by atoms with Crippen molar-refractivity contribution < 1.29 is 23.6 Å². The minimum absolute atomic E-state index is 0.0329. The number of halogens is 1. The molecule has 0 aromatic heterocycles. The summed E-state index contributed by atoms with van der Waals surface area (Å²) in [5, 5.41) is 13.4. The molecule has 0 aliphatic heterocycles. The van der Waals surface area contributed by atoms with Crippen LogP contribution in [0.5, 0.6) is 11.5 Å². The summed E-state index contributed by atoms with van der Waals surface area (Å²) in [6.45, 7) is 0.221. The lowest BCUT2D eigenvalue weighted by Crippen LogP contribution is -2.30. The lowest BCUT2D eigenvalue weighted by atomic mass is 10.3. The molecule has 0 aliphatic carbocycles. The quantitative estimate of drug-likeness (QED) is 0.427. The van der Waals surface area contributed by atoms with Gasteiger partial charge in [-0.15, -0.1) is 0 Å². The number of rotatable bonds is 9. The number of carbonyl (C=O) groups excluding carboxylic acids is 1. The van der Waals surface area contributed by atoms with Crippen molar-refractivity contribution in [2.75, 3.05) is 19.8 Å². The molecule has 0 heterocycles. The summed E-state index contributed by atoms with van der Waals surface area (Å²) in [6, 6.07) is 11.9. The van der Waals surface area contributed by atoms with Crippen LogP contribution >= 0.6 is 0 Å². The zero-order valence-electron chi connectivity index (χ0n) is 13.3.